The van der Waals surface area contributed by atoms with Gasteiger partial charge in [-0.05, 0) is 60.7 Å². The lowest BCUT2D eigenvalue weighted by atomic mass is 9.93. The number of aldehydes is 1. The van der Waals surface area contributed by atoms with E-state index in [0.29, 0.717) is 10.6 Å². The van der Waals surface area contributed by atoms with E-state index in [2.05, 4.69) is 32.9 Å². The summed E-state index contributed by atoms with van der Waals surface area (Å²) in [5, 5.41) is 0.585. The molecule has 2 heteroatoms. The number of carbonyl (C=O) groups is 1. The third-order valence-electron chi connectivity index (χ3n) is 3.27. The van der Waals surface area contributed by atoms with Gasteiger partial charge in [0.15, 0.2) is 6.29 Å². The smallest absolute Gasteiger partial charge is 0.150 e. The molecule has 0 saturated heterocycles. The molecule has 0 atom stereocenters. The van der Waals surface area contributed by atoms with Gasteiger partial charge in [-0.1, -0.05) is 29.8 Å². The Morgan fingerprint density at radius 2 is 1.56 bits per heavy atom. The molecule has 0 spiro atoms. The Hall–Kier alpha value is -1.60. The number of hydrogen-bond donors (Lipinski definition) is 0. The largest absolute Gasteiger partial charge is 0.298 e. The van der Waals surface area contributed by atoms with E-state index >= 15 is 0 Å². The summed E-state index contributed by atoms with van der Waals surface area (Å²) in [6, 6.07) is 9.70. The van der Waals surface area contributed by atoms with E-state index in [1.165, 1.54) is 16.7 Å². The first-order chi connectivity index (χ1) is 8.52. The van der Waals surface area contributed by atoms with Gasteiger partial charge in [-0.3, -0.25) is 4.79 Å². The van der Waals surface area contributed by atoms with E-state index in [1.807, 2.05) is 12.1 Å². The second-order valence-electron chi connectivity index (χ2n) is 4.60. The number of carbonyl (C=O) groups excluding carboxylic acids is 1. The Kier molecular flexibility index (Phi) is 3.53. The second kappa shape index (κ2) is 4.95. The second-order valence-corrected chi connectivity index (χ2v) is 5.04. The molecule has 0 radical (unpaired) electrons. The maximum atomic E-state index is 11.2. The quantitative estimate of drug-likeness (QED) is 0.711. The van der Waals surface area contributed by atoms with Crippen molar-refractivity contribution < 1.29 is 4.79 Å². The first kappa shape index (κ1) is 12.8. The average Bonchev–Trinajstić information content (AvgIpc) is 2.34. The minimum absolute atomic E-state index is 0.585. The molecule has 0 unspecified atom stereocenters. The first-order valence-corrected chi connectivity index (χ1v) is 6.23. The van der Waals surface area contributed by atoms with Crippen molar-refractivity contribution in [2.75, 3.05) is 0 Å². The van der Waals surface area contributed by atoms with Crippen LogP contribution in [-0.2, 0) is 0 Å². The maximum Gasteiger partial charge on any atom is 0.150 e. The van der Waals surface area contributed by atoms with Crippen LogP contribution in [0.4, 0.5) is 0 Å². The fourth-order valence-corrected chi connectivity index (χ4v) is 2.31. The number of benzene rings is 2. The summed E-state index contributed by atoms with van der Waals surface area (Å²) in [6.45, 7) is 6.23. The van der Waals surface area contributed by atoms with Gasteiger partial charge in [-0.25, -0.2) is 0 Å². The summed E-state index contributed by atoms with van der Waals surface area (Å²) in [6.07, 6.45) is 0.857. The molecule has 0 heterocycles. The summed E-state index contributed by atoms with van der Waals surface area (Å²) < 4.78 is 0. The third kappa shape index (κ3) is 2.32. The van der Waals surface area contributed by atoms with Crippen molar-refractivity contribution in [2.45, 2.75) is 20.8 Å². The normalized spacial score (nSPS) is 10.4. The molecule has 0 amide bonds. The van der Waals surface area contributed by atoms with Crippen LogP contribution in [0.2, 0.25) is 5.02 Å². The maximum absolute atomic E-state index is 11.2. The molecule has 0 aromatic heterocycles. The summed E-state index contributed by atoms with van der Waals surface area (Å²) in [7, 11) is 0. The zero-order valence-corrected chi connectivity index (χ0v) is 11.5. The molecule has 0 aliphatic rings. The lowest BCUT2D eigenvalue weighted by molar-refractivity contribution is 0.112. The molecule has 0 N–H and O–H groups in total. The minimum Gasteiger partial charge on any atom is -0.298 e. The van der Waals surface area contributed by atoms with Crippen molar-refractivity contribution in [2.24, 2.45) is 0 Å². The van der Waals surface area contributed by atoms with Crippen LogP contribution in [0.3, 0.4) is 0 Å². The Morgan fingerprint density at radius 3 is 2.22 bits per heavy atom. The van der Waals surface area contributed by atoms with E-state index in [0.717, 1.165) is 17.4 Å². The van der Waals surface area contributed by atoms with Crippen molar-refractivity contribution in [1.29, 1.82) is 0 Å². The van der Waals surface area contributed by atoms with Crippen LogP contribution < -0.4 is 0 Å². The van der Waals surface area contributed by atoms with Gasteiger partial charge in [0.05, 0.1) is 0 Å². The molecular weight excluding hydrogens is 244 g/mol. The van der Waals surface area contributed by atoms with E-state index in [4.69, 9.17) is 11.6 Å². The van der Waals surface area contributed by atoms with Crippen molar-refractivity contribution in [3.8, 4) is 11.1 Å². The topological polar surface area (TPSA) is 17.1 Å². The van der Waals surface area contributed by atoms with Crippen molar-refractivity contribution in [1.82, 2.24) is 0 Å². The highest BCUT2D eigenvalue weighted by Crippen LogP contribution is 2.30. The first-order valence-electron chi connectivity index (χ1n) is 5.86. The van der Waals surface area contributed by atoms with E-state index < -0.39 is 0 Å². The van der Waals surface area contributed by atoms with Crippen LogP contribution in [0.15, 0.2) is 30.3 Å². The molecule has 92 valence electrons. The highest BCUT2D eigenvalue weighted by atomic mass is 35.5. The predicted octanol–water partition coefficient (Wildman–Crippen LogP) is 4.74. The Labute approximate surface area is 112 Å². The highest BCUT2D eigenvalue weighted by Gasteiger charge is 2.09. The van der Waals surface area contributed by atoms with Gasteiger partial charge < -0.3 is 0 Å². The molecule has 0 aliphatic heterocycles. The highest BCUT2D eigenvalue weighted by molar-refractivity contribution is 6.31. The molecule has 18 heavy (non-hydrogen) atoms. The van der Waals surface area contributed by atoms with Crippen LogP contribution in [0.5, 0.6) is 0 Å². The van der Waals surface area contributed by atoms with E-state index in [-0.39, 0.29) is 0 Å². The number of hydrogen-bond acceptors (Lipinski definition) is 1. The minimum atomic E-state index is 0.585. The standard InChI is InChI=1S/C16H15ClO/c1-10-6-12(3)16(7-11(10)2)15-5-4-14(17)8-13(15)9-18/h4-9H,1-3H3. The predicted molar refractivity (Wildman–Crippen MR) is 76.5 cm³/mol. The SMILES string of the molecule is Cc1cc(C)c(-c2ccc(Cl)cc2C=O)cc1C. The third-order valence-corrected chi connectivity index (χ3v) is 3.51. The van der Waals surface area contributed by atoms with Crippen molar-refractivity contribution >= 4 is 17.9 Å². The van der Waals surface area contributed by atoms with Crippen molar-refractivity contribution in [3.05, 3.63) is 57.6 Å². The molecule has 2 aromatic carbocycles. The van der Waals surface area contributed by atoms with Crippen LogP contribution in [-0.4, -0.2) is 6.29 Å². The number of rotatable bonds is 2. The lowest BCUT2D eigenvalue weighted by Crippen LogP contribution is -1.93. The van der Waals surface area contributed by atoms with Crippen LogP contribution in [0.1, 0.15) is 27.0 Å². The number of aryl methyl sites for hydroxylation is 3. The summed E-state index contributed by atoms with van der Waals surface area (Å²) >= 11 is 5.92. The molecular formula is C16H15ClO. The fourth-order valence-electron chi connectivity index (χ4n) is 2.13. The van der Waals surface area contributed by atoms with Crippen LogP contribution >= 0.6 is 11.6 Å². The fraction of sp³-hybridized carbons (Fsp3) is 0.188. The molecule has 2 aromatic rings. The van der Waals surface area contributed by atoms with Crippen LogP contribution in [0.25, 0.3) is 11.1 Å². The molecule has 0 aliphatic carbocycles. The molecule has 2 rings (SSSR count). The Morgan fingerprint density at radius 1 is 0.889 bits per heavy atom. The summed E-state index contributed by atoms with van der Waals surface area (Å²) in [5.74, 6) is 0. The molecule has 0 saturated carbocycles. The van der Waals surface area contributed by atoms with Crippen molar-refractivity contribution in [3.63, 3.8) is 0 Å². The Bertz CT molecular complexity index is 615. The number of halogens is 1. The lowest BCUT2D eigenvalue weighted by Gasteiger charge is -2.12. The van der Waals surface area contributed by atoms with Gasteiger partial charge >= 0.3 is 0 Å². The molecule has 0 bridgehead atoms. The van der Waals surface area contributed by atoms with E-state index in [9.17, 15) is 4.79 Å². The van der Waals surface area contributed by atoms with Crippen LogP contribution in [0, 0.1) is 20.8 Å². The van der Waals surface area contributed by atoms with Gasteiger partial charge in [-0.15, -0.1) is 0 Å². The van der Waals surface area contributed by atoms with Gasteiger partial charge in [0.2, 0.25) is 0 Å². The zero-order chi connectivity index (χ0) is 13.3. The summed E-state index contributed by atoms with van der Waals surface area (Å²) in [4.78, 5) is 11.2. The van der Waals surface area contributed by atoms with Gasteiger partial charge in [0.1, 0.15) is 0 Å². The van der Waals surface area contributed by atoms with Gasteiger partial charge in [0, 0.05) is 10.6 Å². The Balaban J connectivity index is 2.69. The van der Waals surface area contributed by atoms with Gasteiger partial charge in [0.25, 0.3) is 0 Å². The monoisotopic (exact) mass is 258 g/mol. The van der Waals surface area contributed by atoms with Gasteiger partial charge in [-0.2, -0.15) is 0 Å². The molecule has 0 fully saturated rings. The summed E-state index contributed by atoms with van der Waals surface area (Å²) in [5.41, 5.74) is 6.32. The molecule has 1 nitrogen and oxygen atoms in total. The average molecular weight is 259 g/mol. The zero-order valence-electron chi connectivity index (χ0n) is 10.8. The van der Waals surface area contributed by atoms with E-state index in [1.54, 1.807) is 6.07 Å².